The molecule has 3 aromatic rings. The number of hydrogen-bond donors (Lipinski definition) is 3. The molecule has 0 fully saturated rings. The average molecular weight is 401 g/mol. The lowest BCUT2D eigenvalue weighted by Gasteiger charge is -2.09. The number of benzene rings is 2. The summed E-state index contributed by atoms with van der Waals surface area (Å²) in [6.07, 6.45) is 0.184. The van der Waals surface area contributed by atoms with E-state index in [1.165, 1.54) is 0 Å². The molecule has 0 radical (unpaired) electrons. The molecule has 0 aliphatic rings. The number of para-hydroxylation sites is 1. The number of hydrogen-bond acceptors (Lipinski definition) is 3. The summed E-state index contributed by atoms with van der Waals surface area (Å²) >= 11 is 3.39. The van der Waals surface area contributed by atoms with E-state index in [4.69, 9.17) is 0 Å². The Kier molecular flexibility index (Phi) is 5.14. The number of nitrogens with zero attached hydrogens (tertiary/aromatic N) is 1. The first-order valence-corrected chi connectivity index (χ1v) is 8.61. The summed E-state index contributed by atoms with van der Waals surface area (Å²) in [5, 5.41) is 13.2. The number of amides is 2. The summed E-state index contributed by atoms with van der Waals surface area (Å²) < 4.78 is 0.960. The van der Waals surface area contributed by atoms with Crippen LogP contribution >= 0.6 is 15.9 Å². The topological polar surface area (TPSA) is 86.9 Å². The minimum absolute atomic E-state index is 0.155. The molecular formula is C18H17BrN4O2. The van der Waals surface area contributed by atoms with Crippen LogP contribution in [0.15, 0.2) is 46.9 Å². The zero-order valence-electron chi connectivity index (χ0n) is 13.6. The van der Waals surface area contributed by atoms with Crippen molar-refractivity contribution in [3.8, 4) is 0 Å². The van der Waals surface area contributed by atoms with Crippen LogP contribution in [0.4, 0.5) is 5.69 Å². The van der Waals surface area contributed by atoms with Crippen molar-refractivity contribution in [2.75, 3.05) is 11.9 Å². The number of anilines is 1. The Hall–Kier alpha value is -2.67. The molecule has 1 heterocycles. The predicted molar refractivity (Wildman–Crippen MR) is 101 cm³/mol. The van der Waals surface area contributed by atoms with Gasteiger partial charge in [0.25, 0.3) is 5.91 Å². The van der Waals surface area contributed by atoms with Gasteiger partial charge in [0.1, 0.15) is 0 Å². The second-order valence-electron chi connectivity index (χ2n) is 5.63. The molecule has 2 aromatic carbocycles. The second-order valence-corrected chi connectivity index (χ2v) is 6.55. The Labute approximate surface area is 153 Å². The smallest absolute Gasteiger partial charge is 0.272 e. The van der Waals surface area contributed by atoms with Crippen molar-refractivity contribution in [3.63, 3.8) is 0 Å². The standard InChI is InChI=1S/C18H17BrN4O2/c1-11-10-12(19)6-7-14(11)21-16(24)8-9-20-18(25)17-13-4-2-3-5-15(13)22-23-17/h2-7,10H,8-9H2,1H3,(H,20,25)(H,21,24)(H,22,23). The van der Waals surface area contributed by atoms with Gasteiger partial charge in [0.15, 0.2) is 5.69 Å². The van der Waals surface area contributed by atoms with E-state index in [-0.39, 0.29) is 24.8 Å². The highest BCUT2D eigenvalue weighted by Crippen LogP contribution is 2.20. The van der Waals surface area contributed by atoms with E-state index in [1.807, 2.05) is 49.4 Å². The van der Waals surface area contributed by atoms with Crippen molar-refractivity contribution < 1.29 is 9.59 Å². The van der Waals surface area contributed by atoms with E-state index in [2.05, 4.69) is 36.8 Å². The van der Waals surface area contributed by atoms with Crippen LogP contribution in [0, 0.1) is 6.92 Å². The molecule has 128 valence electrons. The van der Waals surface area contributed by atoms with E-state index >= 15 is 0 Å². The maximum absolute atomic E-state index is 12.2. The van der Waals surface area contributed by atoms with Crippen molar-refractivity contribution >= 4 is 44.3 Å². The fourth-order valence-corrected chi connectivity index (χ4v) is 2.97. The van der Waals surface area contributed by atoms with E-state index in [0.29, 0.717) is 5.69 Å². The third-order valence-electron chi connectivity index (χ3n) is 3.79. The van der Waals surface area contributed by atoms with Gasteiger partial charge in [-0.3, -0.25) is 14.7 Å². The number of aromatic amines is 1. The van der Waals surface area contributed by atoms with Gasteiger partial charge in [-0.1, -0.05) is 34.1 Å². The molecule has 0 saturated heterocycles. The molecule has 1 aromatic heterocycles. The number of halogens is 1. The Balaban J connectivity index is 1.53. The number of fused-ring (bicyclic) bond motifs is 1. The fraction of sp³-hybridized carbons (Fsp3) is 0.167. The lowest BCUT2D eigenvalue weighted by molar-refractivity contribution is -0.116. The molecular weight excluding hydrogens is 384 g/mol. The first-order chi connectivity index (χ1) is 12.0. The average Bonchev–Trinajstić information content (AvgIpc) is 3.01. The summed E-state index contributed by atoms with van der Waals surface area (Å²) in [7, 11) is 0. The molecule has 0 spiro atoms. The van der Waals surface area contributed by atoms with Gasteiger partial charge in [-0.15, -0.1) is 0 Å². The zero-order valence-corrected chi connectivity index (χ0v) is 15.2. The Morgan fingerprint density at radius 3 is 2.80 bits per heavy atom. The van der Waals surface area contributed by atoms with Gasteiger partial charge in [0.05, 0.1) is 5.52 Å². The zero-order chi connectivity index (χ0) is 17.8. The molecule has 0 unspecified atom stereocenters. The molecule has 0 bridgehead atoms. The number of rotatable bonds is 5. The molecule has 0 aliphatic carbocycles. The third-order valence-corrected chi connectivity index (χ3v) is 4.28. The molecule has 25 heavy (non-hydrogen) atoms. The van der Waals surface area contributed by atoms with E-state index < -0.39 is 0 Å². The Bertz CT molecular complexity index is 936. The number of nitrogens with one attached hydrogen (secondary N) is 3. The number of H-pyrrole nitrogens is 1. The quantitative estimate of drug-likeness (QED) is 0.613. The highest BCUT2D eigenvalue weighted by molar-refractivity contribution is 9.10. The minimum Gasteiger partial charge on any atom is -0.350 e. The van der Waals surface area contributed by atoms with E-state index in [1.54, 1.807) is 0 Å². The van der Waals surface area contributed by atoms with Gasteiger partial charge in [-0.05, 0) is 36.8 Å². The van der Waals surface area contributed by atoms with Gasteiger partial charge in [-0.25, -0.2) is 0 Å². The first kappa shape index (κ1) is 17.2. The molecule has 7 heteroatoms. The van der Waals surface area contributed by atoms with Crippen molar-refractivity contribution in [1.82, 2.24) is 15.5 Å². The van der Waals surface area contributed by atoms with Gasteiger partial charge in [0.2, 0.25) is 5.91 Å². The normalized spacial score (nSPS) is 10.6. The lowest BCUT2D eigenvalue weighted by atomic mass is 10.2. The minimum atomic E-state index is -0.301. The molecule has 2 amide bonds. The Morgan fingerprint density at radius 2 is 2.00 bits per heavy atom. The SMILES string of the molecule is Cc1cc(Br)ccc1NC(=O)CCNC(=O)c1n[nH]c2ccccc12. The lowest BCUT2D eigenvalue weighted by Crippen LogP contribution is -2.28. The molecule has 0 atom stereocenters. The van der Waals surface area contributed by atoms with Crippen molar-refractivity contribution in [2.24, 2.45) is 0 Å². The van der Waals surface area contributed by atoms with Crippen LogP contribution in [-0.4, -0.2) is 28.6 Å². The number of carbonyl (C=O) groups excluding carboxylic acids is 2. The monoisotopic (exact) mass is 400 g/mol. The van der Waals surface area contributed by atoms with Crippen LogP contribution in [0.5, 0.6) is 0 Å². The van der Waals surface area contributed by atoms with Crippen molar-refractivity contribution in [1.29, 1.82) is 0 Å². The number of carbonyl (C=O) groups is 2. The van der Waals surface area contributed by atoms with E-state index in [9.17, 15) is 9.59 Å². The largest absolute Gasteiger partial charge is 0.350 e. The molecule has 0 saturated carbocycles. The number of aromatic nitrogens is 2. The van der Waals surface area contributed by atoms with Crippen LogP contribution < -0.4 is 10.6 Å². The molecule has 0 aliphatic heterocycles. The van der Waals surface area contributed by atoms with Crippen molar-refractivity contribution in [3.05, 3.63) is 58.2 Å². The van der Waals surface area contributed by atoms with Crippen LogP contribution in [-0.2, 0) is 4.79 Å². The summed E-state index contributed by atoms with van der Waals surface area (Å²) in [4.78, 5) is 24.3. The van der Waals surface area contributed by atoms with Gasteiger partial charge in [0, 0.05) is 28.5 Å². The highest BCUT2D eigenvalue weighted by Gasteiger charge is 2.13. The fourth-order valence-electron chi connectivity index (χ4n) is 2.49. The summed E-state index contributed by atoms with van der Waals surface area (Å²) in [6.45, 7) is 2.16. The van der Waals surface area contributed by atoms with Crippen LogP contribution in [0.2, 0.25) is 0 Å². The van der Waals surface area contributed by atoms with Crippen LogP contribution in [0.3, 0.4) is 0 Å². The first-order valence-electron chi connectivity index (χ1n) is 7.82. The number of aryl methyl sites for hydroxylation is 1. The molecule has 3 N–H and O–H groups in total. The maximum Gasteiger partial charge on any atom is 0.272 e. The maximum atomic E-state index is 12.2. The van der Waals surface area contributed by atoms with E-state index in [0.717, 1.165) is 26.6 Å². The van der Waals surface area contributed by atoms with Gasteiger partial charge < -0.3 is 10.6 Å². The van der Waals surface area contributed by atoms with Gasteiger partial charge >= 0.3 is 0 Å². The summed E-state index contributed by atoms with van der Waals surface area (Å²) in [5.74, 6) is -0.456. The summed E-state index contributed by atoms with van der Waals surface area (Å²) in [5.41, 5.74) is 2.86. The summed E-state index contributed by atoms with van der Waals surface area (Å²) in [6, 6.07) is 13.0. The third kappa shape index (κ3) is 4.06. The second kappa shape index (κ2) is 7.48. The molecule has 6 nitrogen and oxygen atoms in total. The van der Waals surface area contributed by atoms with Crippen LogP contribution in [0.1, 0.15) is 22.5 Å². The molecule has 3 rings (SSSR count). The van der Waals surface area contributed by atoms with Gasteiger partial charge in [-0.2, -0.15) is 5.10 Å². The highest BCUT2D eigenvalue weighted by atomic mass is 79.9. The van der Waals surface area contributed by atoms with Crippen molar-refractivity contribution in [2.45, 2.75) is 13.3 Å². The predicted octanol–water partition coefficient (Wildman–Crippen LogP) is 3.39. The Morgan fingerprint density at radius 1 is 1.20 bits per heavy atom. The van der Waals surface area contributed by atoms with Crippen LogP contribution in [0.25, 0.3) is 10.9 Å².